The van der Waals surface area contributed by atoms with Crippen LogP contribution in [0.25, 0.3) is 11.1 Å². The average Bonchev–Trinajstić information content (AvgIpc) is 2.95. The number of carbonyl (C=O) groups excluding carboxylic acids is 2. The first-order chi connectivity index (χ1) is 13.6. The van der Waals surface area contributed by atoms with E-state index in [2.05, 4.69) is 0 Å². The SMILES string of the molecule is O=C(O)Oc1c(CN2C(=O)c3ccccc3C2=O)cccc1-c1ccccc1. The third-order valence-corrected chi connectivity index (χ3v) is 4.58. The van der Waals surface area contributed by atoms with Crippen LogP contribution in [0.5, 0.6) is 5.75 Å². The van der Waals surface area contributed by atoms with Gasteiger partial charge in [-0.3, -0.25) is 14.5 Å². The maximum absolute atomic E-state index is 12.6. The van der Waals surface area contributed by atoms with Gasteiger partial charge in [0.15, 0.2) is 0 Å². The van der Waals surface area contributed by atoms with E-state index in [1.54, 1.807) is 42.5 Å². The lowest BCUT2D eigenvalue weighted by atomic mass is 10.0. The molecule has 0 radical (unpaired) electrons. The summed E-state index contributed by atoms with van der Waals surface area (Å²) in [6.07, 6.45) is -1.47. The van der Waals surface area contributed by atoms with Gasteiger partial charge in [0.25, 0.3) is 11.8 Å². The molecule has 4 rings (SSSR count). The van der Waals surface area contributed by atoms with Crippen molar-refractivity contribution in [1.82, 2.24) is 4.90 Å². The number of fused-ring (bicyclic) bond motifs is 1. The van der Waals surface area contributed by atoms with Crippen LogP contribution < -0.4 is 4.74 Å². The van der Waals surface area contributed by atoms with Crippen LogP contribution in [0.15, 0.2) is 72.8 Å². The summed E-state index contributed by atoms with van der Waals surface area (Å²) in [5.41, 5.74) is 2.44. The Kier molecular flexibility index (Phi) is 4.37. The average molecular weight is 373 g/mol. The number of para-hydroxylation sites is 1. The molecule has 3 aromatic rings. The Hall–Kier alpha value is -3.93. The molecule has 28 heavy (non-hydrogen) atoms. The maximum atomic E-state index is 12.6. The van der Waals surface area contributed by atoms with E-state index in [-0.39, 0.29) is 12.3 Å². The van der Waals surface area contributed by atoms with Crippen molar-refractivity contribution in [3.05, 3.63) is 89.5 Å². The molecule has 1 aliphatic heterocycles. The summed E-state index contributed by atoms with van der Waals surface area (Å²) in [6, 6.07) is 20.9. The van der Waals surface area contributed by atoms with E-state index >= 15 is 0 Å². The van der Waals surface area contributed by atoms with Crippen molar-refractivity contribution in [1.29, 1.82) is 0 Å². The number of ether oxygens (including phenoxy) is 1. The smallest absolute Gasteiger partial charge is 0.449 e. The number of carbonyl (C=O) groups is 3. The summed E-state index contributed by atoms with van der Waals surface area (Å²) in [5, 5.41) is 9.20. The summed E-state index contributed by atoms with van der Waals surface area (Å²) in [5.74, 6) is -0.711. The first kappa shape index (κ1) is 17.5. The Bertz CT molecular complexity index is 1060. The summed E-state index contributed by atoms with van der Waals surface area (Å²) in [4.78, 5) is 37.7. The molecule has 138 valence electrons. The van der Waals surface area contributed by atoms with Crippen molar-refractivity contribution in [3.8, 4) is 16.9 Å². The maximum Gasteiger partial charge on any atom is 0.511 e. The van der Waals surface area contributed by atoms with Gasteiger partial charge in [0.2, 0.25) is 0 Å². The Balaban J connectivity index is 1.76. The lowest BCUT2D eigenvalue weighted by Crippen LogP contribution is -2.29. The molecule has 0 atom stereocenters. The summed E-state index contributed by atoms with van der Waals surface area (Å²) in [6.45, 7) is -0.0877. The molecular weight excluding hydrogens is 358 g/mol. The molecule has 1 heterocycles. The number of rotatable bonds is 4. The second-order valence-electron chi connectivity index (χ2n) is 6.27. The molecule has 0 saturated carbocycles. The van der Waals surface area contributed by atoms with Gasteiger partial charge in [-0.25, -0.2) is 4.79 Å². The predicted octanol–water partition coefficient (Wildman–Crippen LogP) is 4.21. The third-order valence-electron chi connectivity index (χ3n) is 4.58. The Morgan fingerprint density at radius 3 is 1.96 bits per heavy atom. The van der Waals surface area contributed by atoms with Gasteiger partial charge in [-0.2, -0.15) is 0 Å². The molecule has 0 aliphatic carbocycles. The van der Waals surface area contributed by atoms with E-state index < -0.39 is 18.0 Å². The molecule has 2 amide bonds. The predicted molar refractivity (Wildman–Crippen MR) is 101 cm³/mol. The van der Waals surface area contributed by atoms with Gasteiger partial charge in [0.1, 0.15) is 5.75 Å². The number of hydrogen-bond donors (Lipinski definition) is 1. The van der Waals surface area contributed by atoms with Gasteiger partial charge in [-0.15, -0.1) is 0 Å². The molecule has 0 aromatic heterocycles. The monoisotopic (exact) mass is 373 g/mol. The van der Waals surface area contributed by atoms with E-state index in [0.717, 1.165) is 10.5 Å². The lowest BCUT2D eigenvalue weighted by Gasteiger charge is -2.18. The number of carboxylic acid groups (broad SMARTS) is 1. The molecule has 6 nitrogen and oxygen atoms in total. The summed E-state index contributed by atoms with van der Waals surface area (Å²) < 4.78 is 5.06. The van der Waals surface area contributed by atoms with Crippen LogP contribution in [0, 0.1) is 0 Å². The molecule has 0 saturated heterocycles. The molecule has 3 aromatic carbocycles. The first-order valence-corrected chi connectivity index (χ1v) is 8.59. The van der Waals surface area contributed by atoms with Crippen LogP contribution in [-0.2, 0) is 6.54 Å². The topological polar surface area (TPSA) is 83.9 Å². The standard InChI is InChI=1S/C22H15NO5/c24-20-17-10-4-5-11-18(17)21(25)23(20)13-15-9-6-12-16(19(15)28-22(26)27)14-7-2-1-3-8-14/h1-12H,13H2,(H,26,27). The van der Waals surface area contributed by atoms with E-state index in [9.17, 15) is 19.5 Å². The van der Waals surface area contributed by atoms with Gasteiger partial charge < -0.3 is 9.84 Å². The van der Waals surface area contributed by atoms with Crippen LogP contribution in [0.3, 0.4) is 0 Å². The minimum absolute atomic E-state index is 0.0877. The van der Waals surface area contributed by atoms with Crippen LogP contribution >= 0.6 is 0 Å². The van der Waals surface area contributed by atoms with E-state index in [1.807, 2.05) is 30.3 Å². The quantitative estimate of drug-likeness (QED) is 0.421. The first-order valence-electron chi connectivity index (χ1n) is 8.59. The summed E-state index contributed by atoms with van der Waals surface area (Å²) >= 11 is 0. The molecule has 0 unspecified atom stereocenters. The van der Waals surface area contributed by atoms with Crippen LogP contribution in [0.1, 0.15) is 26.3 Å². The highest BCUT2D eigenvalue weighted by atomic mass is 16.7. The highest BCUT2D eigenvalue weighted by Gasteiger charge is 2.35. The van der Waals surface area contributed by atoms with E-state index in [1.165, 1.54) is 0 Å². The van der Waals surface area contributed by atoms with Crippen LogP contribution in [0.2, 0.25) is 0 Å². The van der Waals surface area contributed by atoms with Gasteiger partial charge in [0.05, 0.1) is 17.7 Å². The molecular formula is C22H15NO5. The van der Waals surface area contributed by atoms with Crippen molar-refractivity contribution in [2.45, 2.75) is 6.54 Å². The Morgan fingerprint density at radius 2 is 1.36 bits per heavy atom. The Morgan fingerprint density at radius 1 is 0.786 bits per heavy atom. The zero-order chi connectivity index (χ0) is 19.7. The van der Waals surface area contributed by atoms with Crippen molar-refractivity contribution < 1.29 is 24.2 Å². The third kappa shape index (κ3) is 3.01. The molecule has 1 N–H and O–H groups in total. The Labute approximate surface area is 160 Å². The number of benzene rings is 3. The zero-order valence-corrected chi connectivity index (χ0v) is 14.7. The lowest BCUT2D eigenvalue weighted by molar-refractivity contribution is 0.0641. The van der Waals surface area contributed by atoms with Gasteiger partial charge >= 0.3 is 6.16 Å². The van der Waals surface area contributed by atoms with Gasteiger partial charge in [-0.1, -0.05) is 60.7 Å². The summed E-state index contributed by atoms with van der Waals surface area (Å²) in [7, 11) is 0. The number of hydrogen-bond acceptors (Lipinski definition) is 4. The van der Waals surface area contributed by atoms with Gasteiger partial charge in [-0.05, 0) is 17.7 Å². The minimum atomic E-state index is -1.47. The fraction of sp³-hybridized carbons (Fsp3) is 0.0455. The molecule has 0 bridgehead atoms. The fourth-order valence-electron chi connectivity index (χ4n) is 3.32. The van der Waals surface area contributed by atoms with Gasteiger partial charge in [0, 0.05) is 11.1 Å². The zero-order valence-electron chi connectivity index (χ0n) is 14.7. The second-order valence-corrected chi connectivity index (χ2v) is 6.27. The van der Waals surface area contributed by atoms with Crippen molar-refractivity contribution in [3.63, 3.8) is 0 Å². The molecule has 0 fully saturated rings. The normalized spacial score (nSPS) is 12.8. The number of imide groups is 1. The van der Waals surface area contributed by atoms with Crippen molar-refractivity contribution in [2.24, 2.45) is 0 Å². The van der Waals surface area contributed by atoms with Crippen LogP contribution in [-0.4, -0.2) is 28.0 Å². The molecule has 1 aliphatic rings. The van der Waals surface area contributed by atoms with Crippen LogP contribution in [0.4, 0.5) is 4.79 Å². The van der Waals surface area contributed by atoms with Crippen molar-refractivity contribution >= 4 is 18.0 Å². The largest absolute Gasteiger partial charge is 0.511 e. The van der Waals surface area contributed by atoms with E-state index in [4.69, 9.17) is 4.74 Å². The molecule has 0 spiro atoms. The number of nitrogens with zero attached hydrogens (tertiary/aromatic N) is 1. The second kappa shape index (κ2) is 7.00. The van der Waals surface area contributed by atoms with E-state index in [0.29, 0.717) is 22.3 Å². The highest BCUT2D eigenvalue weighted by Crippen LogP contribution is 2.35. The highest BCUT2D eigenvalue weighted by molar-refractivity contribution is 6.21. The number of amides is 2. The minimum Gasteiger partial charge on any atom is -0.449 e. The fourth-order valence-corrected chi connectivity index (χ4v) is 3.32. The van der Waals surface area contributed by atoms with Crippen molar-refractivity contribution in [2.75, 3.05) is 0 Å². The molecule has 6 heteroatoms.